The molecular formula is C18H24ClN3O2S. The van der Waals surface area contributed by atoms with Crippen molar-refractivity contribution in [2.45, 2.75) is 13.0 Å². The molecule has 0 spiro atoms. The zero-order valence-corrected chi connectivity index (χ0v) is 16.1. The van der Waals surface area contributed by atoms with Gasteiger partial charge in [-0.15, -0.1) is 0 Å². The van der Waals surface area contributed by atoms with Crippen LogP contribution in [-0.2, 0) is 13.0 Å². The first-order chi connectivity index (χ1) is 12.2. The maximum atomic E-state index is 6.17. The summed E-state index contributed by atoms with van der Waals surface area (Å²) in [6.07, 6.45) is 4.58. The van der Waals surface area contributed by atoms with Crippen LogP contribution in [0.5, 0.6) is 5.75 Å². The first-order valence-corrected chi connectivity index (χ1v) is 9.86. The summed E-state index contributed by atoms with van der Waals surface area (Å²) in [5.41, 5.74) is 1.03. The van der Waals surface area contributed by atoms with Crippen LogP contribution in [0.1, 0.15) is 11.3 Å². The van der Waals surface area contributed by atoms with Crippen LogP contribution in [0.2, 0.25) is 5.02 Å². The summed E-state index contributed by atoms with van der Waals surface area (Å²) >= 11 is 7.96. The van der Waals surface area contributed by atoms with Crippen LogP contribution in [-0.4, -0.2) is 38.2 Å². The number of hydrogen-bond acceptors (Lipinski definition) is 4. The van der Waals surface area contributed by atoms with Crippen molar-refractivity contribution in [3.8, 4) is 5.75 Å². The van der Waals surface area contributed by atoms with Crippen LogP contribution in [0.4, 0.5) is 0 Å². The maximum absolute atomic E-state index is 6.17. The van der Waals surface area contributed by atoms with E-state index in [4.69, 9.17) is 20.8 Å². The molecule has 0 aliphatic carbocycles. The minimum atomic E-state index is 0.541. The molecule has 0 unspecified atom stereocenters. The maximum Gasteiger partial charge on any atom is 0.191 e. The van der Waals surface area contributed by atoms with E-state index in [0.29, 0.717) is 17.3 Å². The van der Waals surface area contributed by atoms with Crippen molar-refractivity contribution in [3.05, 3.63) is 52.9 Å². The van der Waals surface area contributed by atoms with Crippen LogP contribution >= 0.6 is 23.4 Å². The number of aliphatic imine (C=N–C) groups is 1. The molecule has 0 saturated heterocycles. The van der Waals surface area contributed by atoms with Gasteiger partial charge in [0.1, 0.15) is 11.5 Å². The van der Waals surface area contributed by atoms with Gasteiger partial charge in [0.2, 0.25) is 0 Å². The van der Waals surface area contributed by atoms with Gasteiger partial charge in [0.15, 0.2) is 5.96 Å². The molecule has 25 heavy (non-hydrogen) atoms. The lowest BCUT2D eigenvalue weighted by Crippen LogP contribution is -2.39. The summed E-state index contributed by atoms with van der Waals surface area (Å²) in [7, 11) is 1.61. The number of nitrogens with zero attached hydrogens (tertiary/aromatic N) is 1. The monoisotopic (exact) mass is 381 g/mol. The minimum absolute atomic E-state index is 0.541. The van der Waals surface area contributed by atoms with Gasteiger partial charge in [-0.25, -0.2) is 4.99 Å². The van der Waals surface area contributed by atoms with Crippen LogP contribution in [0.25, 0.3) is 0 Å². The molecule has 0 saturated carbocycles. The summed E-state index contributed by atoms with van der Waals surface area (Å²) in [5, 5.41) is 7.27. The SMILES string of the molecule is COc1ccc(CN=C(NCCSC)NCCc2ccco2)cc1Cl. The Labute approximate surface area is 158 Å². The minimum Gasteiger partial charge on any atom is -0.495 e. The third-order valence-corrected chi connectivity index (χ3v) is 4.39. The van der Waals surface area contributed by atoms with Crippen LogP contribution < -0.4 is 15.4 Å². The number of benzene rings is 1. The fourth-order valence-corrected chi connectivity index (χ4v) is 2.77. The first-order valence-electron chi connectivity index (χ1n) is 8.09. The van der Waals surface area contributed by atoms with E-state index in [1.165, 1.54) is 0 Å². The van der Waals surface area contributed by atoms with Crippen LogP contribution in [0.15, 0.2) is 46.0 Å². The molecule has 5 nitrogen and oxygen atoms in total. The number of ether oxygens (including phenoxy) is 1. The van der Waals surface area contributed by atoms with Gasteiger partial charge in [-0.3, -0.25) is 0 Å². The molecule has 2 aromatic rings. The molecule has 0 aliphatic rings. The average molecular weight is 382 g/mol. The van der Waals surface area contributed by atoms with Gasteiger partial charge >= 0.3 is 0 Å². The van der Waals surface area contributed by atoms with Gasteiger partial charge in [-0.2, -0.15) is 11.8 Å². The van der Waals surface area contributed by atoms with Gasteiger partial charge in [0, 0.05) is 25.3 Å². The highest BCUT2D eigenvalue weighted by atomic mass is 35.5. The molecule has 0 bridgehead atoms. The Balaban J connectivity index is 1.92. The van der Waals surface area contributed by atoms with E-state index < -0.39 is 0 Å². The molecule has 1 aromatic carbocycles. The van der Waals surface area contributed by atoms with Crippen molar-refractivity contribution >= 4 is 29.3 Å². The van der Waals surface area contributed by atoms with Crippen molar-refractivity contribution in [2.24, 2.45) is 4.99 Å². The van der Waals surface area contributed by atoms with Crippen molar-refractivity contribution in [1.29, 1.82) is 0 Å². The molecule has 2 N–H and O–H groups in total. The summed E-state index contributed by atoms with van der Waals surface area (Å²) in [4.78, 5) is 4.64. The Hall–Kier alpha value is -1.79. The number of guanidine groups is 1. The first kappa shape index (κ1) is 19.5. The number of thioether (sulfide) groups is 1. The van der Waals surface area contributed by atoms with E-state index in [2.05, 4.69) is 21.9 Å². The quantitative estimate of drug-likeness (QED) is 0.395. The number of methoxy groups -OCH3 is 1. The lowest BCUT2D eigenvalue weighted by atomic mass is 10.2. The van der Waals surface area contributed by atoms with Crippen LogP contribution in [0, 0.1) is 0 Å². The van der Waals surface area contributed by atoms with E-state index in [0.717, 1.165) is 42.5 Å². The highest BCUT2D eigenvalue weighted by Crippen LogP contribution is 2.25. The van der Waals surface area contributed by atoms with Crippen LogP contribution in [0.3, 0.4) is 0 Å². The van der Waals surface area contributed by atoms with Gasteiger partial charge < -0.3 is 19.8 Å². The van der Waals surface area contributed by atoms with E-state index in [1.54, 1.807) is 25.1 Å². The normalized spacial score (nSPS) is 11.4. The molecule has 1 aromatic heterocycles. The summed E-state index contributed by atoms with van der Waals surface area (Å²) in [6.45, 7) is 2.15. The van der Waals surface area contributed by atoms with Crippen molar-refractivity contribution in [1.82, 2.24) is 10.6 Å². The van der Waals surface area contributed by atoms with Gasteiger partial charge in [0.25, 0.3) is 0 Å². The molecule has 0 aliphatic heterocycles. The summed E-state index contributed by atoms with van der Waals surface area (Å²) in [6, 6.07) is 9.58. The zero-order chi connectivity index (χ0) is 17.9. The molecule has 0 atom stereocenters. The molecule has 0 fully saturated rings. The molecule has 2 rings (SSSR count). The Kier molecular flexibility index (Phi) is 8.55. The molecule has 0 radical (unpaired) electrons. The van der Waals surface area contributed by atoms with Gasteiger partial charge in [0.05, 0.1) is 24.9 Å². The van der Waals surface area contributed by atoms with E-state index in [9.17, 15) is 0 Å². The zero-order valence-electron chi connectivity index (χ0n) is 14.5. The van der Waals surface area contributed by atoms with Gasteiger partial charge in [-0.1, -0.05) is 17.7 Å². The van der Waals surface area contributed by atoms with Gasteiger partial charge in [-0.05, 0) is 36.1 Å². The number of halogens is 1. The lowest BCUT2D eigenvalue weighted by Gasteiger charge is -2.12. The predicted molar refractivity (Wildman–Crippen MR) is 106 cm³/mol. The number of rotatable bonds is 9. The third-order valence-electron chi connectivity index (χ3n) is 3.48. The molecular weight excluding hydrogens is 358 g/mol. The summed E-state index contributed by atoms with van der Waals surface area (Å²) < 4.78 is 10.5. The Morgan fingerprint density at radius 1 is 1.28 bits per heavy atom. The van der Waals surface area contributed by atoms with E-state index in [1.807, 2.05) is 30.3 Å². The van der Waals surface area contributed by atoms with Crippen molar-refractivity contribution in [3.63, 3.8) is 0 Å². The molecule has 7 heteroatoms. The fourth-order valence-electron chi connectivity index (χ4n) is 2.18. The Morgan fingerprint density at radius 3 is 2.80 bits per heavy atom. The smallest absolute Gasteiger partial charge is 0.191 e. The molecule has 1 heterocycles. The molecule has 136 valence electrons. The highest BCUT2D eigenvalue weighted by Gasteiger charge is 2.03. The Morgan fingerprint density at radius 2 is 2.12 bits per heavy atom. The third kappa shape index (κ3) is 6.92. The largest absolute Gasteiger partial charge is 0.495 e. The standard InChI is InChI=1S/C18H24ClN3O2S/c1-23-17-6-5-14(12-16(17)19)13-22-18(21-9-11-25-2)20-8-7-15-4-3-10-24-15/h3-6,10,12H,7-9,11,13H2,1-2H3,(H2,20,21,22). The predicted octanol–water partition coefficient (Wildman–Crippen LogP) is 3.58. The second-order valence-electron chi connectivity index (χ2n) is 5.31. The van der Waals surface area contributed by atoms with Crippen molar-refractivity contribution < 1.29 is 9.15 Å². The number of furan rings is 1. The second-order valence-corrected chi connectivity index (χ2v) is 6.70. The van der Waals surface area contributed by atoms with E-state index in [-0.39, 0.29) is 0 Å². The molecule has 0 amide bonds. The Bertz CT molecular complexity index is 662. The topological polar surface area (TPSA) is 58.8 Å². The van der Waals surface area contributed by atoms with Crippen molar-refractivity contribution in [2.75, 3.05) is 32.2 Å². The average Bonchev–Trinajstić information content (AvgIpc) is 3.13. The number of nitrogens with one attached hydrogen (secondary N) is 2. The highest BCUT2D eigenvalue weighted by molar-refractivity contribution is 7.98. The lowest BCUT2D eigenvalue weighted by molar-refractivity contribution is 0.415. The summed E-state index contributed by atoms with van der Waals surface area (Å²) in [5.74, 6) is 3.43. The second kappa shape index (κ2) is 10.9. The number of hydrogen-bond donors (Lipinski definition) is 2. The fraction of sp³-hybridized carbons (Fsp3) is 0.389. The van der Waals surface area contributed by atoms with E-state index >= 15 is 0 Å².